The molecule has 4 nitrogen and oxygen atoms in total. The van der Waals surface area contributed by atoms with Crippen LogP contribution in [0.3, 0.4) is 0 Å². The van der Waals surface area contributed by atoms with Crippen LogP contribution in [-0.2, 0) is 6.54 Å². The lowest BCUT2D eigenvalue weighted by atomic mass is 10.1. The number of rotatable bonds is 2. The van der Waals surface area contributed by atoms with Gasteiger partial charge in [0, 0.05) is 44.8 Å². The molecule has 2 aliphatic rings. The molecule has 1 saturated heterocycles. The molecular weight excluding hydrogens is 226 g/mol. The van der Waals surface area contributed by atoms with Gasteiger partial charge >= 0.3 is 0 Å². The van der Waals surface area contributed by atoms with Gasteiger partial charge in [-0.1, -0.05) is 12.1 Å². The predicted octanol–water partition coefficient (Wildman–Crippen LogP) is 1.24. The molecule has 0 aliphatic carbocycles. The van der Waals surface area contributed by atoms with E-state index in [2.05, 4.69) is 40.4 Å². The summed E-state index contributed by atoms with van der Waals surface area (Å²) in [6.07, 6.45) is 0. The molecule has 0 atom stereocenters. The van der Waals surface area contributed by atoms with Crippen molar-refractivity contribution in [3.05, 3.63) is 23.8 Å². The first-order valence-corrected chi connectivity index (χ1v) is 6.72. The number of para-hydroxylation sites is 1. The van der Waals surface area contributed by atoms with Crippen molar-refractivity contribution in [1.29, 1.82) is 0 Å². The van der Waals surface area contributed by atoms with Crippen LogP contribution in [0.25, 0.3) is 0 Å². The molecule has 1 aromatic rings. The second kappa shape index (κ2) is 5.16. The number of likely N-dealkylation sites (N-methyl/N-ethyl adjacent to an activating group) is 1. The van der Waals surface area contributed by atoms with E-state index in [9.17, 15) is 0 Å². The quantitative estimate of drug-likeness (QED) is 0.851. The SMILES string of the molecule is CN1CCN(Cc2cccc3c2OCCN3)CC1. The van der Waals surface area contributed by atoms with Crippen LogP contribution in [0.4, 0.5) is 5.69 Å². The summed E-state index contributed by atoms with van der Waals surface area (Å²) in [5.74, 6) is 1.06. The normalized spacial score (nSPS) is 20.9. The number of hydrogen-bond donors (Lipinski definition) is 1. The van der Waals surface area contributed by atoms with Crippen molar-refractivity contribution in [1.82, 2.24) is 9.80 Å². The van der Waals surface area contributed by atoms with Crippen LogP contribution in [0, 0.1) is 0 Å². The lowest BCUT2D eigenvalue weighted by Crippen LogP contribution is -2.44. The van der Waals surface area contributed by atoms with Crippen molar-refractivity contribution in [3.8, 4) is 5.75 Å². The van der Waals surface area contributed by atoms with E-state index >= 15 is 0 Å². The first kappa shape index (κ1) is 11.8. The third-order valence-electron chi connectivity index (χ3n) is 3.75. The Bertz CT molecular complexity index is 414. The van der Waals surface area contributed by atoms with Crippen molar-refractivity contribution in [2.75, 3.05) is 51.7 Å². The van der Waals surface area contributed by atoms with Gasteiger partial charge in [0.15, 0.2) is 0 Å². The van der Waals surface area contributed by atoms with E-state index < -0.39 is 0 Å². The Morgan fingerprint density at radius 2 is 2.06 bits per heavy atom. The highest BCUT2D eigenvalue weighted by Gasteiger charge is 2.18. The summed E-state index contributed by atoms with van der Waals surface area (Å²) in [6.45, 7) is 7.29. The van der Waals surface area contributed by atoms with Gasteiger partial charge in [-0.2, -0.15) is 0 Å². The lowest BCUT2D eigenvalue weighted by molar-refractivity contribution is 0.146. The topological polar surface area (TPSA) is 27.7 Å². The van der Waals surface area contributed by atoms with Gasteiger partial charge < -0.3 is 15.0 Å². The smallest absolute Gasteiger partial charge is 0.146 e. The van der Waals surface area contributed by atoms with Crippen LogP contribution in [0.2, 0.25) is 0 Å². The lowest BCUT2D eigenvalue weighted by Gasteiger charge is -2.33. The fraction of sp³-hybridized carbons (Fsp3) is 0.571. The van der Waals surface area contributed by atoms with Crippen molar-refractivity contribution in [2.24, 2.45) is 0 Å². The van der Waals surface area contributed by atoms with E-state index in [4.69, 9.17) is 4.74 Å². The van der Waals surface area contributed by atoms with Gasteiger partial charge in [0.2, 0.25) is 0 Å². The van der Waals surface area contributed by atoms with Crippen molar-refractivity contribution in [2.45, 2.75) is 6.54 Å². The zero-order valence-electron chi connectivity index (χ0n) is 11.0. The molecule has 0 saturated carbocycles. The Balaban J connectivity index is 1.72. The van der Waals surface area contributed by atoms with Crippen LogP contribution in [-0.4, -0.2) is 56.2 Å². The van der Waals surface area contributed by atoms with Crippen LogP contribution >= 0.6 is 0 Å². The molecule has 0 unspecified atom stereocenters. The highest BCUT2D eigenvalue weighted by Crippen LogP contribution is 2.32. The average Bonchev–Trinajstić information content (AvgIpc) is 2.42. The molecule has 0 spiro atoms. The Morgan fingerprint density at radius 3 is 2.89 bits per heavy atom. The number of piperazine rings is 1. The van der Waals surface area contributed by atoms with Gasteiger partial charge in [0.1, 0.15) is 12.4 Å². The number of benzene rings is 1. The number of fused-ring (bicyclic) bond motifs is 1. The maximum Gasteiger partial charge on any atom is 0.146 e. The standard InChI is InChI=1S/C14H21N3O/c1-16-6-8-17(9-7-16)11-12-3-2-4-13-14(12)18-10-5-15-13/h2-4,15H,5-11H2,1H3. The molecule has 0 radical (unpaired) electrons. The predicted molar refractivity (Wildman–Crippen MR) is 73.2 cm³/mol. The summed E-state index contributed by atoms with van der Waals surface area (Å²) < 4.78 is 5.82. The van der Waals surface area contributed by atoms with Crippen molar-refractivity contribution < 1.29 is 4.74 Å². The van der Waals surface area contributed by atoms with Crippen LogP contribution in [0.5, 0.6) is 5.75 Å². The maximum absolute atomic E-state index is 5.82. The van der Waals surface area contributed by atoms with E-state index in [0.717, 1.165) is 57.3 Å². The highest BCUT2D eigenvalue weighted by molar-refractivity contribution is 5.61. The number of ether oxygens (including phenoxy) is 1. The molecule has 2 aliphatic heterocycles. The van der Waals surface area contributed by atoms with Crippen LogP contribution in [0.1, 0.15) is 5.56 Å². The van der Waals surface area contributed by atoms with E-state index in [1.165, 1.54) is 5.56 Å². The fourth-order valence-corrected chi connectivity index (χ4v) is 2.60. The zero-order valence-corrected chi connectivity index (χ0v) is 11.0. The van der Waals surface area contributed by atoms with Gasteiger partial charge in [-0.3, -0.25) is 4.90 Å². The third-order valence-corrected chi connectivity index (χ3v) is 3.75. The maximum atomic E-state index is 5.82. The minimum absolute atomic E-state index is 0.771. The van der Waals surface area contributed by atoms with E-state index in [-0.39, 0.29) is 0 Å². The molecule has 98 valence electrons. The highest BCUT2D eigenvalue weighted by atomic mass is 16.5. The Hall–Kier alpha value is -1.26. The zero-order chi connectivity index (χ0) is 12.4. The second-order valence-corrected chi connectivity index (χ2v) is 5.15. The molecular formula is C14H21N3O. The molecule has 0 aromatic heterocycles. The molecule has 1 aromatic carbocycles. The van der Waals surface area contributed by atoms with Crippen LogP contribution < -0.4 is 10.1 Å². The number of anilines is 1. The van der Waals surface area contributed by atoms with E-state index in [0.29, 0.717) is 0 Å². The van der Waals surface area contributed by atoms with Gasteiger partial charge in [0.25, 0.3) is 0 Å². The summed E-state index contributed by atoms with van der Waals surface area (Å²) in [7, 11) is 2.19. The van der Waals surface area contributed by atoms with Gasteiger partial charge in [-0.25, -0.2) is 0 Å². The number of hydrogen-bond acceptors (Lipinski definition) is 4. The molecule has 1 fully saturated rings. The molecule has 2 heterocycles. The fourth-order valence-electron chi connectivity index (χ4n) is 2.60. The molecule has 4 heteroatoms. The van der Waals surface area contributed by atoms with Gasteiger partial charge in [-0.05, 0) is 13.1 Å². The largest absolute Gasteiger partial charge is 0.489 e. The number of nitrogens with one attached hydrogen (secondary N) is 1. The monoisotopic (exact) mass is 247 g/mol. The molecule has 3 rings (SSSR count). The van der Waals surface area contributed by atoms with Crippen LogP contribution in [0.15, 0.2) is 18.2 Å². The first-order chi connectivity index (χ1) is 8.83. The molecule has 0 amide bonds. The Labute approximate surface area is 109 Å². The molecule has 18 heavy (non-hydrogen) atoms. The first-order valence-electron chi connectivity index (χ1n) is 6.72. The summed E-state index contributed by atoms with van der Waals surface area (Å²) >= 11 is 0. The average molecular weight is 247 g/mol. The Kier molecular flexibility index (Phi) is 3.39. The summed E-state index contributed by atoms with van der Waals surface area (Å²) in [5.41, 5.74) is 2.46. The van der Waals surface area contributed by atoms with Gasteiger partial charge in [0.05, 0.1) is 5.69 Å². The van der Waals surface area contributed by atoms with Crippen molar-refractivity contribution >= 4 is 5.69 Å². The minimum atomic E-state index is 0.771. The summed E-state index contributed by atoms with van der Waals surface area (Å²) in [6, 6.07) is 6.40. The van der Waals surface area contributed by atoms with Gasteiger partial charge in [-0.15, -0.1) is 0 Å². The minimum Gasteiger partial charge on any atom is -0.489 e. The third kappa shape index (κ3) is 2.44. The Morgan fingerprint density at radius 1 is 1.22 bits per heavy atom. The summed E-state index contributed by atoms with van der Waals surface area (Å²) in [4.78, 5) is 4.89. The summed E-state index contributed by atoms with van der Waals surface area (Å²) in [5, 5.41) is 3.40. The van der Waals surface area contributed by atoms with E-state index in [1.807, 2.05) is 0 Å². The van der Waals surface area contributed by atoms with Crippen molar-refractivity contribution in [3.63, 3.8) is 0 Å². The number of nitrogens with zero attached hydrogens (tertiary/aromatic N) is 2. The van der Waals surface area contributed by atoms with E-state index in [1.54, 1.807) is 0 Å². The molecule has 0 bridgehead atoms. The molecule has 1 N–H and O–H groups in total. The second-order valence-electron chi connectivity index (χ2n) is 5.15.